The van der Waals surface area contributed by atoms with Crippen molar-refractivity contribution in [1.82, 2.24) is 15.2 Å². The molecule has 4 nitrogen and oxygen atoms in total. The van der Waals surface area contributed by atoms with Gasteiger partial charge in [0.25, 0.3) is 0 Å². The summed E-state index contributed by atoms with van der Waals surface area (Å²) in [4.78, 5) is 18.4. The highest BCUT2D eigenvalue weighted by molar-refractivity contribution is 7.99. The minimum absolute atomic E-state index is 0.0293. The zero-order valence-corrected chi connectivity index (χ0v) is 11.0. The van der Waals surface area contributed by atoms with Crippen molar-refractivity contribution in [3.8, 4) is 0 Å². The summed E-state index contributed by atoms with van der Waals surface area (Å²) in [5.41, 5.74) is 1.15. The highest BCUT2D eigenvalue weighted by Gasteiger charge is 2.33. The van der Waals surface area contributed by atoms with Crippen molar-refractivity contribution < 1.29 is 4.79 Å². The summed E-state index contributed by atoms with van der Waals surface area (Å²) in [6, 6.07) is 3.96. The van der Waals surface area contributed by atoms with Gasteiger partial charge in [0.15, 0.2) is 0 Å². The highest BCUT2D eigenvalue weighted by Crippen LogP contribution is 2.32. The van der Waals surface area contributed by atoms with Gasteiger partial charge in [0, 0.05) is 31.2 Å². The topological polar surface area (TPSA) is 45.2 Å². The first-order chi connectivity index (χ1) is 8.84. The second-order valence-electron chi connectivity index (χ2n) is 4.75. The Morgan fingerprint density at radius 3 is 3.00 bits per heavy atom. The van der Waals surface area contributed by atoms with Crippen LogP contribution in [-0.2, 0) is 4.79 Å². The monoisotopic (exact) mass is 263 g/mol. The summed E-state index contributed by atoms with van der Waals surface area (Å²) in [6.07, 6.45) is 5.94. The summed E-state index contributed by atoms with van der Waals surface area (Å²) in [7, 11) is 0. The maximum absolute atomic E-state index is 12.3. The lowest BCUT2D eigenvalue weighted by atomic mass is 10.2. The third-order valence-electron chi connectivity index (χ3n) is 3.49. The maximum Gasteiger partial charge on any atom is 0.240 e. The van der Waals surface area contributed by atoms with Crippen molar-refractivity contribution >= 4 is 17.7 Å². The maximum atomic E-state index is 12.3. The summed E-state index contributed by atoms with van der Waals surface area (Å²) in [5, 5.41) is 3.62. The molecule has 18 heavy (non-hydrogen) atoms. The fraction of sp³-hybridized carbons (Fsp3) is 0.538. The first kappa shape index (κ1) is 12.0. The molecular weight excluding hydrogens is 246 g/mol. The van der Waals surface area contributed by atoms with Crippen LogP contribution in [-0.4, -0.2) is 40.7 Å². The number of hydrogen-bond acceptors (Lipinski definition) is 4. The molecule has 3 heterocycles. The number of carbonyl (C=O) groups is 1. The standard InChI is InChI=1S/C13H17N3OS/c17-13(16-6-1-2-7-16)11-9-18-12(15-11)10-4-3-5-14-8-10/h3-5,8,11-12,15H,1-2,6-7,9H2/t11-,12?/m0/s1. The predicted octanol–water partition coefficient (Wildman–Crippen LogP) is 1.41. The van der Waals surface area contributed by atoms with Crippen LogP contribution in [0, 0.1) is 0 Å². The Balaban J connectivity index is 1.63. The number of nitrogens with one attached hydrogen (secondary N) is 1. The Labute approximate surface area is 111 Å². The van der Waals surface area contributed by atoms with Gasteiger partial charge in [-0.05, 0) is 24.5 Å². The number of amides is 1. The Kier molecular flexibility index (Phi) is 3.52. The third-order valence-corrected chi connectivity index (χ3v) is 4.75. The SMILES string of the molecule is O=C([C@@H]1CSC(c2cccnc2)N1)N1CCCC1. The number of aromatic nitrogens is 1. The average molecular weight is 263 g/mol. The van der Waals surface area contributed by atoms with Crippen LogP contribution in [0.1, 0.15) is 23.8 Å². The van der Waals surface area contributed by atoms with E-state index in [1.807, 2.05) is 17.2 Å². The van der Waals surface area contributed by atoms with Gasteiger partial charge in [-0.15, -0.1) is 11.8 Å². The van der Waals surface area contributed by atoms with E-state index in [9.17, 15) is 4.79 Å². The number of nitrogens with zero attached hydrogens (tertiary/aromatic N) is 2. The number of carbonyl (C=O) groups excluding carboxylic acids is 1. The van der Waals surface area contributed by atoms with Crippen molar-refractivity contribution in [3.63, 3.8) is 0 Å². The van der Waals surface area contributed by atoms with E-state index in [2.05, 4.69) is 16.4 Å². The molecule has 0 spiro atoms. The largest absolute Gasteiger partial charge is 0.341 e. The fourth-order valence-electron chi connectivity index (χ4n) is 2.50. The summed E-state index contributed by atoms with van der Waals surface area (Å²) >= 11 is 1.79. The molecule has 1 aromatic heterocycles. The first-order valence-electron chi connectivity index (χ1n) is 6.41. The van der Waals surface area contributed by atoms with Gasteiger partial charge >= 0.3 is 0 Å². The zero-order valence-electron chi connectivity index (χ0n) is 10.2. The molecule has 2 saturated heterocycles. The van der Waals surface area contributed by atoms with Crippen LogP contribution in [0.3, 0.4) is 0 Å². The minimum Gasteiger partial charge on any atom is -0.341 e. The molecule has 0 aromatic carbocycles. The molecule has 2 atom stereocenters. The van der Waals surface area contributed by atoms with Gasteiger partial charge in [0.05, 0.1) is 11.4 Å². The molecule has 1 amide bonds. The summed E-state index contributed by atoms with van der Waals surface area (Å²) in [5.74, 6) is 1.13. The number of rotatable bonds is 2. The van der Waals surface area contributed by atoms with Gasteiger partial charge in [-0.3, -0.25) is 15.1 Å². The molecule has 96 valence electrons. The highest BCUT2D eigenvalue weighted by atomic mass is 32.2. The molecule has 2 aliphatic heterocycles. The molecule has 1 unspecified atom stereocenters. The van der Waals surface area contributed by atoms with Crippen LogP contribution in [0.5, 0.6) is 0 Å². The second-order valence-corrected chi connectivity index (χ2v) is 5.89. The van der Waals surface area contributed by atoms with Crippen LogP contribution < -0.4 is 5.32 Å². The first-order valence-corrected chi connectivity index (χ1v) is 7.46. The molecular formula is C13H17N3OS. The predicted molar refractivity (Wildman–Crippen MR) is 72.2 cm³/mol. The molecule has 0 radical (unpaired) electrons. The van der Waals surface area contributed by atoms with Gasteiger partial charge in [-0.2, -0.15) is 0 Å². The molecule has 0 aliphatic carbocycles. The quantitative estimate of drug-likeness (QED) is 0.876. The van der Waals surface area contributed by atoms with Crippen molar-refractivity contribution in [3.05, 3.63) is 30.1 Å². The Hall–Kier alpha value is -1.07. The Morgan fingerprint density at radius 1 is 1.44 bits per heavy atom. The molecule has 2 fully saturated rings. The van der Waals surface area contributed by atoms with E-state index in [1.54, 1.807) is 18.0 Å². The molecule has 3 rings (SSSR count). The van der Waals surface area contributed by atoms with E-state index in [-0.39, 0.29) is 17.3 Å². The molecule has 5 heteroatoms. The van der Waals surface area contributed by atoms with Crippen LogP contribution in [0.4, 0.5) is 0 Å². The van der Waals surface area contributed by atoms with E-state index in [0.29, 0.717) is 0 Å². The van der Waals surface area contributed by atoms with Gasteiger partial charge in [0.1, 0.15) is 0 Å². The lowest BCUT2D eigenvalue weighted by Gasteiger charge is -2.20. The van der Waals surface area contributed by atoms with Crippen molar-refractivity contribution in [2.24, 2.45) is 0 Å². The Bertz CT molecular complexity index is 420. The second kappa shape index (κ2) is 5.28. The molecule has 1 aromatic rings. The van der Waals surface area contributed by atoms with Crippen LogP contribution in [0.25, 0.3) is 0 Å². The number of likely N-dealkylation sites (tertiary alicyclic amines) is 1. The normalized spacial score (nSPS) is 27.7. The zero-order chi connectivity index (χ0) is 12.4. The van der Waals surface area contributed by atoms with Crippen molar-refractivity contribution in [2.75, 3.05) is 18.8 Å². The van der Waals surface area contributed by atoms with E-state index in [1.165, 1.54) is 0 Å². The van der Waals surface area contributed by atoms with E-state index < -0.39 is 0 Å². The van der Waals surface area contributed by atoms with Crippen LogP contribution in [0.15, 0.2) is 24.5 Å². The number of hydrogen-bond donors (Lipinski definition) is 1. The Morgan fingerprint density at radius 2 is 2.28 bits per heavy atom. The van der Waals surface area contributed by atoms with E-state index >= 15 is 0 Å². The van der Waals surface area contributed by atoms with Gasteiger partial charge in [-0.1, -0.05) is 6.07 Å². The smallest absolute Gasteiger partial charge is 0.240 e. The molecule has 1 N–H and O–H groups in total. The van der Waals surface area contributed by atoms with Gasteiger partial charge in [-0.25, -0.2) is 0 Å². The van der Waals surface area contributed by atoms with Crippen LogP contribution in [0.2, 0.25) is 0 Å². The average Bonchev–Trinajstić information content (AvgIpc) is 3.10. The lowest BCUT2D eigenvalue weighted by molar-refractivity contribution is -0.131. The molecule has 0 bridgehead atoms. The van der Waals surface area contributed by atoms with Gasteiger partial charge in [0.2, 0.25) is 5.91 Å². The molecule has 2 aliphatic rings. The van der Waals surface area contributed by atoms with E-state index in [0.717, 1.165) is 37.2 Å². The lowest BCUT2D eigenvalue weighted by Crippen LogP contribution is -2.44. The van der Waals surface area contributed by atoms with Gasteiger partial charge < -0.3 is 4.90 Å². The summed E-state index contributed by atoms with van der Waals surface area (Å²) < 4.78 is 0. The third kappa shape index (κ3) is 2.37. The summed E-state index contributed by atoms with van der Waals surface area (Å²) in [6.45, 7) is 1.86. The number of thioether (sulfide) groups is 1. The minimum atomic E-state index is -0.0293. The molecule has 0 saturated carbocycles. The van der Waals surface area contributed by atoms with Crippen LogP contribution >= 0.6 is 11.8 Å². The van der Waals surface area contributed by atoms with Crippen molar-refractivity contribution in [2.45, 2.75) is 24.3 Å². The fourth-order valence-corrected chi connectivity index (χ4v) is 3.71. The number of pyridine rings is 1. The van der Waals surface area contributed by atoms with E-state index in [4.69, 9.17) is 0 Å². The van der Waals surface area contributed by atoms with Crippen molar-refractivity contribution in [1.29, 1.82) is 0 Å².